The average Bonchev–Trinajstić information content (AvgIpc) is 2.88. The molecule has 1 atom stereocenters. The van der Waals surface area contributed by atoms with E-state index in [1.807, 2.05) is 0 Å². The number of aryl methyl sites for hydroxylation is 1. The fourth-order valence-electron chi connectivity index (χ4n) is 1.91. The molecule has 0 spiro atoms. The monoisotopic (exact) mass is 336 g/mol. The zero-order chi connectivity index (χ0) is 17.1. The van der Waals surface area contributed by atoms with Gasteiger partial charge in [-0.3, -0.25) is 4.79 Å². The van der Waals surface area contributed by atoms with Crippen molar-refractivity contribution in [3.63, 3.8) is 0 Å². The molecule has 0 bridgehead atoms. The molecular weight excluding hydrogens is 320 g/mol. The lowest BCUT2D eigenvalue weighted by atomic mass is 10.3. The van der Waals surface area contributed by atoms with Crippen LogP contribution in [0.2, 0.25) is 5.02 Å². The molecule has 0 aliphatic heterocycles. The van der Waals surface area contributed by atoms with Crippen LogP contribution in [0.25, 0.3) is 5.69 Å². The van der Waals surface area contributed by atoms with Crippen molar-refractivity contribution in [1.29, 1.82) is 0 Å². The van der Waals surface area contributed by atoms with Gasteiger partial charge in [0.1, 0.15) is 0 Å². The number of ether oxygens (including phenoxy) is 1. The van der Waals surface area contributed by atoms with Gasteiger partial charge in [0.25, 0.3) is 5.91 Å². The van der Waals surface area contributed by atoms with E-state index < -0.39 is 12.1 Å². The van der Waals surface area contributed by atoms with Gasteiger partial charge in [-0.05, 0) is 32.0 Å². The molecule has 1 aromatic carbocycles. The van der Waals surface area contributed by atoms with E-state index in [0.29, 0.717) is 16.4 Å². The number of esters is 1. The van der Waals surface area contributed by atoms with E-state index in [0.717, 1.165) is 0 Å². The third kappa shape index (κ3) is 3.87. The molecule has 1 aromatic heterocycles. The van der Waals surface area contributed by atoms with Gasteiger partial charge in [-0.2, -0.15) is 9.90 Å². The maximum atomic E-state index is 12.2. The van der Waals surface area contributed by atoms with Crippen molar-refractivity contribution in [2.75, 3.05) is 14.1 Å². The fourth-order valence-corrected chi connectivity index (χ4v) is 2.10. The number of aromatic nitrogens is 3. The highest BCUT2D eigenvalue weighted by molar-refractivity contribution is 6.30. The molecule has 1 heterocycles. The van der Waals surface area contributed by atoms with E-state index in [2.05, 4.69) is 10.2 Å². The lowest BCUT2D eigenvalue weighted by Crippen LogP contribution is -2.35. The Balaban J connectivity index is 2.21. The van der Waals surface area contributed by atoms with Crippen LogP contribution in [0.3, 0.4) is 0 Å². The Morgan fingerprint density at radius 2 is 2.00 bits per heavy atom. The van der Waals surface area contributed by atoms with Crippen LogP contribution in [0.15, 0.2) is 24.3 Å². The van der Waals surface area contributed by atoms with E-state index in [1.165, 1.54) is 16.6 Å². The zero-order valence-electron chi connectivity index (χ0n) is 13.3. The molecule has 2 rings (SSSR count). The first-order valence-corrected chi connectivity index (χ1v) is 7.29. The Kier molecular flexibility index (Phi) is 5.00. The molecule has 0 aliphatic rings. The summed E-state index contributed by atoms with van der Waals surface area (Å²) in [6, 6.07) is 6.92. The van der Waals surface area contributed by atoms with E-state index in [4.69, 9.17) is 16.3 Å². The Morgan fingerprint density at radius 3 is 2.61 bits per heavy atom. The van der Waals surface area contributed by atoms with Crippen LogP contribution in [0.1, 0.15) is 23.1 Å². The van der Waals surface area contributed by atoms with Gasteiger partial charge in [-0.15, -0.1) is 5.10 Å². The molecule has 0 radical (unpaired) electrons. The highest BCUT2D eigenvalue weighted by Gasteiger charge is 2.24. The molecule has 2 aromatic rings. The van der Waals surface area contributed by atoms with Crippen LogP contribution in [0.5, 0.6) is 0 Å². The topological polar surface area (TPSA) is 77.3 Å². The van der Waals surface area contributed by atoms with E-state index >= 15 is 0 Å². The Morgan fingerprint density at radius 1 is 1.30 bits per heavy atom. The Labute approximate surface area is 138 Å². The lowest BCUT2D eigenvalue weighted by Gasteiger charge is -2.16. The molecule has 122 valence electrons. The first-order chi connectivity index (χ1) is 10.8. The average molecular weight is 337 g/mol. The van der Waals surface area contributed by atoms with Crippen molar-refractivity contribution in [3.05, 3.63) is 40.7 Å². The van der Waals surface area contributed by atoms with Gasteiger partial charge in [0, 0.05) is 19.1 Å². The van der Waals surface area contributed by atoms with Crippen LogP contribution >= 0.6 is 11.6 Å². The number of benzene rings is 1. The number of nitrogens with zero attached hydrogens (tertiary/aromatic N) is 4. The first kappa shape index (κ1) is 17.0. The quantitative estimate of drug-likeness (QED) is 0.796. The standard InChI is InChI=1S/C15H17ClN4O3/c1-9-13(15(22)23-10(2)14(21)19(3)4)18-20(17-9)12-7-5-6-11(16)8-12/h5-8,10H,1-4H3/t10-/m0/s1. The van der Waals surface area contributed by atoms with Crippen molar-refractivity contribution >= 4 is 23.5 Å². The minimum Gasteiger partial charge on any atom is -0.448 e. The van der Waals surface area contributed by atoms with Crippen LogP contribution < -0.4 is 0 Å². The number of rotatable bonds is 4. The summed E-state index contributed by atoms with van der Waals surface area (Å²) in [5.41, 5.74) is 1.08. The minimum absolute atomic E-state index is 0.0587. The summed E-state index contributed by atoms with van der Waals surface area (Å²) in [7, 11) is 3.18. The van der Waals surface area contributed by atoms with Crippen molar-refractivity contribution in [1.82, 2.24) is 19.9 Å². The normalized spacial score (nSPS) is 11.9. The molecule has 0 N–H and O–H groups in total. The summed E-state index contributed by atoms with van der Waals surface area (Å²) in [5, 5.41) is 8.84. The van der Waals surface area contributed by atoms with Crippen LogP contribution in [-0.2, 0) is 9.53 Å². The van der Waals surface area contributed by atoms with Gasteiger partial charge in [0.2, 0.25) is 0 Å². The summed E-state index contributed by atoms with van der Waals surface area (Å²) in [4.78, 5) is 26.6. The van der Waals surface area contributed by atoms with Gasteiger partial charge >= 0.3 is 5.97 Å². The van der Waals surface area contributed by atoms with Crippen LogP contribution in [0.4, 0.5) is 0 Å². The number of carbonyl (C=O) groups is 2. The van der Waals surface area contributed by atoms with Crippen molar-refractivity contribution < 1.29 is 14.3 Å². The number of hydrogen-bond acceptors (Lipinski definition) is 5. The molecule has 0 fully saturated rings. The summed E-state index contributed by atoms with van der Waals surface area (Å²) >= 11 is 5.93. The second-order valence-electron chi connectivity index (χ2n) is 5.18. The third-order valence-corrected chi connectivity index (χ3v) is 3.32. The van der Waals surface area contributed by atoms with E-state index in [-0.39, 0.29) is 11.6 Å². The van der Waals surface area contributed by atoms with E-state index in [9.17, 15) is 9.59 Å². The van der Waals surface area contributed by atoms with Crippen LogP contribution in [-0.4, -0.2) is 52.0 Å². The molecule has 1 amide bonds. The lowest BCUT2D eigenvalue weighted by molar-refractivity contribution is -0.137. The first-order valence-electron chi connectivity index (χ1n) is 6.91. The van der Waals surface area contributed by atoms with Crippen molar-refractivity contribution in [2.45, 2.75) is 20.0 Å². The van der Waals surface area contributed by atoms with Crippen molar-refractivity contribution in [2.24, 2.45) is 0 Å². The van der Waals surface area contributed by atoms with E-state index in [1.54, 1.807) is 45.3 Å². The Hall–Kier alpha value is -2.41. The second kappa shape index (κ2) is 6.78. The molecule has 0 saturated heterocycles. The smallest absolute Gasteiger partial charge is 0.361 e. The zero-order valence-corrected chi connectivity index (χ0v) is 14.0. The summed E-state index contributed by atoms with van der Waals surface area (Å²) in [6.07, 6.45) is -0.895. The molecular formula is C15H17ClN4O3. The number of halogens is 1. The fraction of sp³-hybridized carbons (Fsp3) is 0.333. The van der Waals surface area contributed by atoms with Crippen LogP contribution in [0, 0.1) is 6.92 Å². The van der Waals surface area contributed by atoms with Crippen molar-refractivity contribution in [3.8, 4) is 5.69 Å². The van der Waals surface area contributed by atoms with Gasteiger partial charge in [-0.1, -0.05) is 17.7 Å². The van der Waals surface area contributed by atoms with Gasteiger partial charge < -0.3 is 9.64 Å². The number of amides is 1. The summed E-state index contributed by atoms with van der Waals surface area (Å²) < 4.78 is 5.14. The number of likely N-dealkylation sites (N-methyl/N-ethyl adjacent to an activating group) is 1. The minimum atomic E-state index is -0.895. The highest BCUT2D eigenvalue weighted by atomic mass is 35.5. The van der Waals surface area contributed by atoms with Gasteiger partial charge in [-0.25, -0.2) is 4.79 Å². The van der Waals surface area contributed by atoms with Gasteiger partial charge in [0.15, 0.2) is 11.8 Å². The molecule has 0 saturated carbocycles. The highest BCUT2D eigenvalue weighted by Crippen LogP contribution is 2.15. The molecule has 0 aliphatic carbocycles. The molecule has 0 unspecified atom stereocenters. The number of hydrogen-bond donors (Lipinski definition) is 0. The summed E-state index contributed by atoms with van der Waals surface area (Å²) in [5.74, 6) is -1.00. The van der Waals surface area contributed by atoms with Gasteiger partial charge in [0.05, 0.1) is 11.4 Å². The Bertz CT molecular complexity index is 742. The maximum Gasteiger partial charge on any atom is 0.361 e. The largest absolute Gasteiger partial charge is 0.448 e. The molecule has 8 heteroatoms. The number of carbonyl (C=O) groups excluding carboxylic acids is 2. The SMILES string of the molecule is Cc1nn(-c2cccc(Cl)c2)nc1C(=O)O[C@@H](C)C(=O)N(C)C. The predicted molar refractivity (Wildman–Crippen MR) is 84.7 cm³/mol. The molecule has 23 heavy (non-hydrogen) atoms. The second-order valence-corrected chi connectivity index (χ2v) is 5.62. The summed E-state index contributed by atoms with van der Waals surface area (Å²) in [6.45, 7) is 3.15. The maximum absolute atomic E-state index is 12.2. The molecule has 7 nitrogen and oxygen atoms in total. The third-order valence-electron chi connectivity index (χ3n) is 3.09. The predicted octanol–water partition coefficient (Wildman–Crippen LogP) is 1.86.